The number of amides is 1. The van der Waals surface area contributed by atoms with E-state index in [0.29, 0.717) is 17.5 Å². The molecule has 0 spiro atoms. The van der Waals surface area contributed by atoms with Crippen molar-refractivity contribution in [2.45, 2.75) is 52.5 Å². The van der Waals surface area contributed by atoms with Gasteiger partial charge >= 0.3 is 11.9 Å². The van der Waals surface area contributed by atoms with Gasteiger partial charge in [0.1, 0.15) is 0 Å². The van der Waals surface area contributed by atoms with Gasteiger partial charge in [-0.05, 0) is 25.8 Å². The quantitative estimate of drug-likeness (QED) is 0.381. The Labute approximate surface area is 159 Å². The number of Topliss-reactive ketones (excluding diaryl/α,β-unsaturated/α-hetero) is 1. The minimum atomic E-state index is -1.98. The summed E-state index contributed by atoms with van der Waals surface area (Å²) in [5.41, 5.74) is -0.844. The second kappa shape index (κ2) is 10.4. The Morgan fingerprint density at radius 2 is 1.44 bits per heavy atom. The lowest BCUT2D eigenvalue weighted by molar-refractivity contribution is -0.168. The molecule has 0 aliphatic rings. The first-order valence-corrected chi connectivity index (χ1v) is 9.06. The van der Waals surface area contributed by atoms with Crippen molar-refractivity contribution in [1.82, 2.24) is 5.32 Å². The summed E-state index contributed by atoms with van der Waals surface area (Å²) in [5.74, 6) is -2.31. The lowest BCUT2D eigenvalue weighted by atomic mass is 9.89. The standard InChI is InChI=1S/C20H27NO6/c1-5-8-17(23)16-11-9-15(10-12-16)13-20(21-14(4)22,18(24)26-6-2)19(25)27-7-3/h9-12H,5-8,13H2,1-4H3,(H,21,22). The van der Waals surface area contributed by atoms with Crippen LogP contribution >= 0.6 is 0 Å². The molecule has 7 heteroatoms. The van der Waals surface area contributed by atoms with E-state index in [4.69, 9.17) is 9.47 Å². The van der Waals surface area contributed by atoms with E-state index < -0.39 is 23.4 Å². The van der Waals surface area contributed by atoms with Crippen LogP contribution in [0.25, 0.3) is 0 Å². The van der Waals surface area contributed by atoms with Crippen LogP contribution in [-0.4, -0.2) is 42.4 Å². The van der Waals surface area contributed by atoms with Gasteiger partial charge < -0.3 is 14.8 Å². The van der Waals surface area contributed by atoms with Crippen LogP contribution in [0.1, 0.15) is 56.5 Å². The Bertz CT molecular complexity index is 662. The maximum atomic E-state index is 12.6. The number of rotatable bonds is 10. The van der Waals surface area contributed by atoms with E-state index >= 15 is 0 Å². The molecular weight excluding hydrogens is 350 g/mol. The topological polar surface area (TPSA) is 98.8 Å². The smallest absolute Gasteiger partial charge is 0.344 e. The molecule has 1 rings (SSSR count). The highest BCUT2D eigenvalue weighted by molar-refractivity contribution is 6.08. The summed E-state index contributed by atoms with van der Waals surface area (Å²) in [7, 11) is 0. The minimum absolute atomic E-state index is 0.0213. The van der Waals surface area contributed by atoms with Crippen molar-refractivity contribution in [3.8, 4) is 0 Å². The number of hydrogen-bond acceptors (Lipinski definition) is 6. The molecule has 0 aliphatic heterocycles. The third-order valence-corrected chi connectivity index (χ3v) is 3.86. The molecule has 0 saturated heterocycles. The molecule has 0 saturated carbocycles. The summed E-state index contributed by atoms with van der Waals surface area (Å²) in [5, 5.41) is 2.41. The third-order valence-electron chi connectivity index (χ3n) is 3.86. The lowest BCUT2D eigenvalue weighted by Gasteiger charge is -2.29. The zero-order valence-corrected chi connectivity index (χ0v) is 16.3. The van der Waals surface area contributed by atoms with Gasteiger partial charge in [0, 0.05) is 25.3 Å². The van der Waals surface area contributed by atoms with Gasteiger partial charge in [0.15, 0.2) is 5.78 Å². The van der Waals surface area contributed by atoms with Gasteiger partial charge in [0.25, 0.3) is 0 Å². The lowest BCUT2D eigenvalue weighted by Crippen LogP contribution is -2.62. The van der Waals surface area contributed by atoms with Crippen LogP contribution in [0.3, 0.4) is 0 Å². The normalized spacial score (nSPS) is 10.8. The summed E-state index contributed by atoms with van der Waals surface area (Å²) in [6.07, 6.45) is 1.05. The molecule has 0 aliphatic carbocycles. The van der Waals surface area contributed by atoms with Crippen molar-refractivity contribution in [2.75, 3.05) is 13.2 Å². The maximum absolute atomic E-state index is 12.6. The molecule has 0 fully saturated rings. The zero-order chi connectivity index (χ0) is 20.4. The average Bonchev–Trinajstić information content (AvgIpc) is 2.61. The van der Waals surface area contributed by atoms with Crippen LogP contribution in [0.15, 0.2) is 24.3 Å². The van der Waals surface area contributed by atoms with E-state index in [1.807, 2.05) is 6.92 Å². The van der Waals surface area contributed by atoms with Gasteiger partial charge in [-0.25, -0.2) is 9.59 Å². The minimum Gasteiger partial charge on any atom is -0.464 e. The number of carbonyl (C=O) groups excluding carboxylic acids is 4. The molecule has 0 radical (unpaired) electrons. The largest absolute Gasteiger partial charge is 0.464 e. The SMILES string of the molecule is CCCC(=O)c1ccc(CC(NC(C)=O)(C(=O)OCC)C(=O)OCC)cc1. The molecule has 0 bridgehead atoms. The van der Waals surface area contributed by atoms with Crippen LogP contribution in [0, 0.1) is 0 Å². The first-order valence-electron chi connectivity index (χ1n) is 9.06. The van der Waals surface area contributed by atoms with Gasteiger partial charge in [-0.1, -0.05) is 31.2 Å². The maximum Gasteiger partial charge on any atom is 0.344 e. The predicted molar refractivity (Wildman–Crippen MR) is 99.2 cm³/mol. The van der Waals surface area contributed by atoms with Crippen molar-refractivity contribution < 1.29 is 28.7 Å². The molecule has 148 valence electrons. The van der Waals surface area contributed by atoms with Crippen LogP contribution < -0.4 is 5.32 Å². The number of hydrogen-bond donors (Lipinski definition) is 1. The highest BCUT2D eigenvalue weighted by Crippen LogP contribution is 2.20. The number of carbonyl (C=O) groups is 4. The van der Waals surface area contributed by atoms with E-state index in [9.17, 15) is 19.2 Å². The molecule has 1 aromatic rings. The van der Waals surface area contributed by atoms with Gasteiger partial charge in [-0.15, -0.1) is 0 Å². The molecule has 1 N–H and O–H groups in total. The molecule has 7 nitrogen and oxygen atoms in total. The molecule has 1 aromatic carbocycles. The highest BCUT2D eigenvalue weighted by Gasteiger charge is 2.50. The summed E-state index contributed by atoms with van der Waals surface area (Å²) >= 11 is 0. The Balaban J connectivity index is 3.25. The highest BCUT2D eigenvalue weighted by atomic mass is 16.6. The first kappa shape index (κ1) is 22.3. The summed E-state index contributed by atoms with van der Waals surface area (Å²) < 4.78 is 10.1. The van der Waals surface area contributed by atoms with Gasteiger partial charge in [0.2, 0.25) is 11.4 Å². The van der Waals surface area contributed by atoms with Crippen LogP contribution in [-0.2, 0) is 30.3 Å². The third kappa shape index (κ3) is 5.91. The fraction of sp³-hybridized carbons (Fsp3) is 0.500. The number of benzene rings is 1. The molecule has 0 atom stereocenters. The van der Waals surface area contributed by atoms with Crippen LogP contribution in [0.4, 0.5) is 0 Å². The summed E-state index contributed by atoms with van der Waals surface area (Å²) in [6.45, 7) is 6.44. The van der Waals surface area contributed by atoms with E-state index in [-0.39, 0.29) is 25.4 Å². The number of ether oxygens (including phenoxy) is 2. The van der Waals surface area contributed by atoms with E-state index in [1.165, 1.54) is 6.92 Å². The number of ketones is 1. The second-order valence-electron chi connectivity index (χ2n) is 6.07. The number of esters is 2. The molecule has 0 aromatic heterocycles. The molecular formula is C20H27NO6. The van der Waals surface area contributed by atoms with E-state index in [0.717, 1.165) is 6.42 Å². The Morgan fingerprint density at radius 3 is 1.85 bits per heavy atom. The van der Waals surface area contributed by atoms with E-state index in [1.54, 1.807) is 38.1 Å². The summed E-state index contributed by atoms with van der Waals surface area (Å²) in [6, 6.07) is 6.58. The van der Waals surface area contributed by atoms with Gasteiger partial charge in [0.05, 0.1) is 13.2 Å². The van der Waals surface area contributed by atoms with Crippen molar-refractivity contribution >= 4 is 23.6 Å². The predicted octanol–water partition coefficient (Wildman–Crippen LogP) is 2.21. The molecule has 0 heterocycles. The Morgan fingerprint density at radius 1 is 0.926 bits per heavy atom. The number of nitrogens with one attached hydrogen (secondary N) is 1. The van der Waals surface area contributed by atoms with Gasteiger partial charge in [-0.3, -0.25) is 9.59 Å². The fourth-order valence-corrected chi connectivity index (χ4v) is 2.67. The monoisotopic (exact) mass is 377 g/mol. The average molecular weight is 377 g/mol. The Kier molecular flexibility index (Phi) is 8.65. The van der Waals surface area contributed by atoms with Gasteiger partial charge in [-0.2, -0.15) is 0 Å². The van der Waals surface area contributed by atoms with Crippen LogP contribution in [0.2, 0.25) is 0 Å². The second-order valence-corrected chi connectivity index (χ2v) is 6.07. The van der Waals surface area contributed by atoms with Crippen molar-refractivity contribution in [3.05, 3.63) is 35.4 Å². The Hall–Kier alpha value is -2.70. The fourth-order valence-electron chi connectivity index (χ4n) is 2.67. The molecule has 0 unspecified atom stereocenters. The van der Waals surface area contributed by atoms with Crippen molar-refractivity contribution in [2.24, 2.45) is 0 Å². The van der Waals surface area contributed by atoms with Crippen molar-refractivity contribution in [1.29, 1.82) is 0 Å². The van der Waals surface area contributed by atoms with Crippen molar-refractivity contribution in [3.63, 3.8) is 0 Å². The van der Waals surface area contributed by atoms with Crippen LogP contribution in [0.5, 0.6) is 0 Å². The van der Waals surface area contributed by atoms with E-state index in [2.05, 4.69) is 5.32 Å². The first-order chi connectivity index (χ1) is 12.8. The summed E-state index contributed by atoms with van der Waals surface area (Å²) in [4.78, 5) is 48.9. The molecule has 27 heavy (non-hydrogen) atoms. The zero-order valence-electron chi connectivity index (χ0n) is 16.3. The molecule has 1 amide bonds.